The van der Waals surface area contributed by atoms with Crippen LogP contribution in [0.2, 0.25) is 0 Å². The highest BCUT2D eigenvalue weighted by atomic mass is 16.2. The van der Waals surface area contributed by atoms with Crippen molar-refractivity contribution in [3.05, 3.63) is 66.7 Å². The number of nitrogens with one attached hydrogen (secondary N) is 1. The third kappa shape index (κ3) is 2.69. The number of hydrogen-bond donors (Lipinski definition) is 1. The molecule has 1 saturated heterocycles. The van der Waals surface area contributed by atoms with Crippen LogP contribution in [0.1, 0.15) is 24.4 Å². The van der Waals surface area contributed by atoms with Gasteiger partial charge in [-0.3, -0.25) is 9.97 Å². The Morgan fingerprint density at radius 1 is 1.08 bits per heavy atom. The van der Waals surface area contributed by atoms with Crippen LogP contribution >= 0.6 is 0 Å². The Balaban J connectivity index is 1.59. The lowest BCUT2D eigenvalue weighted by Crippen LogP contribution is -2.34. The van der Waals surface area contributed by atoms with Crippen molar-refractivity contribution in [2.75, 3.05) is 11.9 Å². The first-order valence-corrected chi connectivity index (χ1v) is 8.13. The SMILES string of the molecule is O=C(Nc1cccc2cnccc12)N1CCC[C@@H]1c1ccncc1. The largest absolute Gasteiger partial charge is 0.322 e. The van der Waals surface area contributed by atoms with Gasteiger partial charge in [0, 0.05) is 42.1 Å². The number of nitrogens with zero attached hydrogens (tertiary/aromatic N) is 3. The number of hydrogen-bond acceptors (Lipinski definition) is 3. The van der Waals surface area contributed by atoms with E-state index in [1.807, 2.05) is 41.3 Å². The molecule has 1 aromatic carbocycles. The summed E-state index contributed by atoms with van der Waals surface area (Å²) in [4.78, 5) is 22.9. The zero-order valence-corrected chi connectivity index (χ0v) is 13.2. The first kappa shape index (κ1) is 14.6. The van der Waals surface area contributed by atoms with Crippen molar-refractivity contribution < 1.29 is 4.79 Å². The summed E-state index contributed by atoms with van der Waals surface area (Å²) < 4.78 is 0. The molecule has 0 spiro atoms. The smallest absolute Gasteiger partial charge is 0.317 e. The summed E-state index contributed by atoms with van der Waals surface area (Å²) in [7, 11) is 0. The number of anilines is 1. The molecule has 3 aromatic rings. The summed E-state index contributed by atoms with van der Waals surface area (Å²) >= 11 is 0. The van der Waals surface area contributed by atoms with Gasteiger partial charge in [-0.2, -0.15) is 0 Å². The van der Waals surface area contributed by atoms with Crippen molar-refractivity contribution in [3.63, 3.8) is 0 Å². The fraction of sp³-hybridized carbons (Fsp3) is 0.211. The van der Waals surface area contributed by atoms with E-state index in [0.717, 1.165) is 41.4 Å². The minimum Gasteiger partial charge on any atom is -0.317 e. The van der Waals surface area contributed by atoms with Crippen LogP contribution < -0.4 is 5.32 Å². The second kappa shape index (κ2) is 6.28. The van der Waals surface area contributed by atoms with E-state index in [9.17, 15) is 4.79 Å². The molecule has 0 saturated carbocycles. The molecule has 24 heavy (non-hydrogen) atoms. The van der Waals surface area contributed by atoms with Crippen LogP contribution in [-0.4, -0.2) is 27.4 Å². The van der Waals surface area contributed by atoms with Crippen molar-refractivity contribution in [1.29, 1.82) is 0 Å². The van der Waals surface area contributed by atoms with Crippen molar-refractivity contribution in [2.24, 2.45) is 0 Å². The van der Waals surface area contributed by atoms with Gasteiger partial charge in [0.15, 0.2) is 0 Å². The van der Waals surface area contributed by atoms with Crippen molar-refractivity contribution in [1.82, 2.24) is 14.9 Å². The highest BCUT2D eigenvalue weighted by Gasteiger charge is 2.30. The van der Waals surface area contributed by atoms with E-state index in [0.29, 0.717) is 0 Å². The normalized spacial score (nSPS) is 17.2. The molecule has 1 aliphatic rings. The van der Waals surface area contributed by atoms with E-state index in [4.69, 9.17) is 0 Å². The van der Waals surface area contributed by atoms with E-state index >= 15 is 0 Å². The van der Waals surface area contributed by atoms with E-state index in [1.54, 1.807) is 24.8 Å². The minimum atomic E-state index is -0.0568. The van der Waals surface area contributed by atoms with Gasteiger partial charge < -0.3 is 10.2 Å². The molecule has 0 radical (unpaired) electrons. The second-order valence-electron chi connectivity index (χ2n) is 5.96. The van der Waals surface area contributed by atoms with E-state index in [1.165, 1.54) is 0 Å². The van der Waals surface area contributed by atoms with Crippen LogP contribution in [-0.2, 0) is 0 Å². The first-order chi connectivity index (χ1) is 11.8. The highest BCUT2D eigenvalue weighted by Crippen LogP contribution is 2.32. The number of rotatable bonds is 2. The van der Waals surface area contributed by atoms with Crippen molar-refractivity contribution >= 4 is 22.5 Å². The molecular formula is C19H18N4O. The average Bonchev–Trinajstić information content (AvgIpc) is 3.13. The number of pyridine rings is 2. The monoisotopic (exact) mass is 318 g/mol. The summed E-state index contributed by atoms with van der Waals surface area (Å²) in [5.74, 6) is 0. The second-order valence-corrected chi connectivity index (χ2v) is 5.96. The molecule has 1 fully saturated rings. The minimum absolute atomic E-state index is 0.0568. The molecule has 1 N–H and O–H groups in total. The summed E-state index contributed by atoms with van der Waals surface area (Å²) in [5.41, 5.74) is 1.96. The lowest BCUT2D eigenvalue weighted by molar-refractivity contribution is 0.207. The summed E-state index contributed by atoms with van der Waals surface area (Å²) in [6.45, 7) is 0.769. The number of benzene rings is 1. The van der Waals surface area contributed by atoms with Crippen LogP contribution in [0, 0.1) is 0 Å². The summed E-state index contributed by atoms with van der Waals surface area (Å²) in [6, 6.07) is 11.8. The number of carbonyl (C=O) groups excluding carboxylic acids is 1. The van der Waals surface area contributed by atoms with Crippen molar-refractivity contribution in [3.8, 4) is 0 Å². The molecule has 4 rings (SSSR count). The molecular weight excluding hydrogens is 300 g/mol. The Morgan fingerprint density at radius 2 is 1.92 bits per heavy atom. The zero-order valence-electron chi connectivity index (χ0n) is 13.2. The average molecular weight is 318 g/mol. The van der Waals surface area contributed by atoms with Gasteiger partial charge in [0.1, 0.15) is 0 Å². The Labute approximate surface area is 140 Å². The Hall–Kier alpha value is -2.95. The van der Waals surface area contributed by atoms with Gasteiger partial charge in [-0.1, -0.05) is 12.1 Å². The fourth-order valence-corrected chi connectivity index (χ4v) is 3.36. The fourth-order valence-electron chi connectivity index (χ4n) is 3.36. The van der Waals surface area contributed by atoms with E-state index < -0.39 is 0 Å². The van der Waals surface area contributed by atoms with Crippen molar-refractivity contribution in [2.45, 2.75) is 18.9 Å². The molecule has 2 amide bonds. The maximum atomic E-state index is 12.8. The van der Waals surface area contributed by atoms with E-state index in [-0.39, 0.29) is 12.1 Å². The van der Waals surface area contributed by atoms with Gasteiger partial charge >= 0.3 is 6.03 Å². The quantitative estimate of drug-likeness (QED) is 0.777. The van der Waals surface area contributed by atoms with E-state index in [2.05, 4.69) is 15.3 Å². The van der Waals surface area contributed by atoms with Crippen LogP contribution in [0.5, 0.6) is 0 Å². The molecule has 0 aliphatic carbocycles. The molecule has 1 atom stereocenters. The zero-order chi connectivity index (χ0) is 16.4. The van der Waals surface area contributed by atoms with Gasteiger partial charge in [0.05, 0.1) is 11.7 Å². The summed E-state index contributed by atoms with van der Waals surface area (Å²) in [5, 5.41) is 5.09. The van der Waals surface area contributed by atoms with Gasteiger partial charge in [-0.15, -0.1) is 0 Å². The number of aromatic nitrogens is 2. The van der Waals surface area contributed by atoms with Gasteiger partial charge in [0.25, 0.3) is 0 Å². The first-order valence-electron chi connectivity index (χ1n) is 8.13. The number of carbonyl (C=O) groups is 1. The third-order valence-corrected chi connectivity index (χ3v) is 4.53. The molecule has 1 aliphatic heterocycles. The number of urea groups is 1. The topological polar surface area (TPSA) is 58.1 Å². The molecule has 5 nitrogen and oxygen atoms in total. The molecule has 0 bridgehead atoms. The maximum absolute atomic E-state index is 12.8. The van der Waals surface area contributed by atoms with Crippen LogP contribution in [0.3, 0.4) is 0 Å². The standard InChI is InChI=1S/C19H18N4O/c24-19(22-17-4-1-3-15-13-21-11-8-16(15)17)23-12-2-5-18(23)14-6-9-20-10-7-14/h1,3-4,6-11,13,18H,2,5,12H2,(H,22,24)/t18-/m1/s1. The lowest BCUT2D eigenvalue weighted by Gasteiger charge is -2.25. The third-order valence-electron chi connectivity index (χ3n) is 4.53. The van der Waals surface area contributed by atoms with Gasteiger partial charge in [-0.05, 0) is 42.7 Å². The molecule has 3 heterocycles. The number of likely N-dealkylation sites (tertiary alicyclic amines) is 1. The molecule has 120 valence electrons. The Kier molecular flexibility index (Phi) is 3.83. The Morgan fingerprint density at radius 3 is 2.79 bits per heavy atom. The van der Waals surface area contributed by atoms with Gasteiger partial charge in [-0.25, -0.2) is 4.79 Å². The van der Waals surface area contributed by atoms with Crippen LogP contribution in [0.4, 0.5) is 10.5 Å². The molecule has 5 heteroatoms. The molecule has 2 aromatic heterocycles. The predicted molar refractivity (Wildman–Crippen MR) is 93.7 cm³/mol. The molecule has 0 unspecified atom stereocenters. The highest BCUT2D eigenvalue weighted by molar-refractivity contribution is 6.01. The Bertz CT molecular complexity index is 860. The van der Waals surface area contributed by atoms with Crippen LogP contribution in [0.15, 0.2) is 61.2 Å². The maximum Gasteiger partial charge on any atom is 0.322 e. The van der Waals surface area contributed by atoms with Crippen LogP contribution in [0.25, 0.3) is 10.8 Å². The van der Waals surface area contributed by atoms with Gasteiger partial charge in [0.2, 0.25) is 0 Å². The predicted octanol–water partition coefficient (Wildman–Crippen LogP) is 4.00. The number of fused-ring (bicyclic) bond motifs is 1. The number of amides is 2. The summed E-state index contributed by atoms with van der Waals surface area (Å²) in [6.07, 6.45) is 9.11. The lowest BCUT2D eigenvalue weighted by atomic mass is 10.1.